The van der Waals surface area contributed by atoms with E-state index in [1.165, 1.54) is 0 Å². The fraction of sp³-hybridized carbons (Fsp3) is 0.214. The molecule has 0 fully saturated rings. The summed E-state index contributed by atoms with van der Waals surface area (Å²) in [6.45, 7) is 7.02. The number of hydrogen-bond donors (Lipinski definition) is 1. The van der Waals surface area contributed by atoms with E-state index >= 15 is 0 Å². The van der Waals surface area contributed by atoms with E-state index in [0.717, 1.165) is 27.7 Å². The number of nitrogens with zero attached hydrogens (tertiary/aromatic N) is 1. The Morgan fingerprint density at radius 3 is 2.82 bits per heavy atom. The van der Waals surface area contributed by atoms with Crippen molar-refractivity contribution in [3.8, 4) is 0 Å². The molecular weight excluding hydrogens is 215 g/mol. The number of pyridine rings is 1. The smallest absolute Gasteiger partial charge is 0.117 e. The summed E-state index contributed by atoms with van der Waals surface area (Å²) in [6, 6.07) is 3.87. The summed E-state index contributed by atoms with van der Waals surface area (Å²) in [6.07, 6.45) is 3.36. The van der Waals surface area contributed by atoms with Gasteiger partial charge in [0.05, 0.1) is 5.52 Å². The first kappa shape index (κ1) is 11.6. The molecule has 0 radical (unpaired) electrons. The molecule has 88 valence electrons. The van der Waals surface area contributed by atoms with E-state index in [2.05, 4.69) is 16.9 Å². The van der Waals surface area contributed by atoms with Crippen molar-refractivity contribution in [1.82, 2.24) is 4.98 Å². The molecule has 0 saturated heterocycles. The van der Waals surface area contributed by atoms with Gasteiger partial charge in [-0.3, -0.25) is 4.98 Å². The molecule has 0 amide bonds. The zero-order valence-electron chi connectivity index (χ0n) is 10.0. The molecule has 0 aliphatic heterocycles. The Labute approximate surface area is 100 Å². The van der Waals surface area contributed by atoms with Gasteiger partial charge < -0.3 is 5.32 Å². The maximum absolute atomic E-state index is 13.2. The molecule has 3 heteroatoms. The van der Waals surface area contributed by atoms with Crippen molar-refractivity contribution in [2.45, 2.75) is 20.5 Å². The SMILES string of the molecule is C=CNc1cc(C)c2ncc(C)cc2c1CF. The highest BCUT2D eigenvalue weighted by Gasteiger charge is 2.10. The van der Waals surface area contributed by atoms with E-state index in [1.807, 2.05) is 26.0 Å². The minimum Gasteiger partial charge on any atom is -0.362 e. The van der Waals surface area contributed by atoms with E-state index < -0.39 is 6.67 Å². The lowest BCUT2D eigenvalue weighted by molar-refractivity contribution is 0.488. The molecule has 0 atom stereocenters. The van der Waals surface area contributed by atoms with Gasteiger partial charge in [0.25, 0.3) is 0 Å². The topological polar surface area (TPSA) is 24.9 Å². The molecule has 1 aromatic carbocycles. The van der Waals surface area contributed by atoms with E-state index in [1.54, 1.807) is 12.4 Å². The summed E-state index contributed by atoms with van der Waals surface area (Å²) < 4.78 is 13.2. The van der Waals surface area contributed by atoms with Crippen molar-refractivity contribution in [1.29, 1.82) is 0 Å². The second kappa shape index (κ2) is 4.53. The summed E-state index contributed by atoms with van der Waals surface area (Å²) in [5.41, 5.74) is 4.32. The number of fused-ring (bicyclic) bond motifs is 1. The summed E-state index contributed by atoms with van der Waals surface area (Å²) in [5.74, 6) is 0. The van der Waals surface area contributed by atoms with Gasteiger partial charge in [0.1, 0.15) is 6.67 Å². The van der Waals surface area contributed by atoms with Crippen LogP contribution in [0.1, 0.15) is 16.7 Å². The minimum absolute atomic E-state index is 0.516. The quantitative estimate of drug-likeness (QED) is 0.865. The number of benzene rings is 1. The van der Waals surface area contributed by atoms with Crippen LogP contribution in [-0.4, -0.2) is 4.98 Å². The van der Waals surface area contributed by atoms with Gasteiger partial charge in [-0.2, -0.15) is 0 Å². The molecule has 1 aromatic heterocycles. The lowest BCUT2D eigenvalue weighted by Gasteiger charge is -2.12. The number of halogens is 1. The number of aryl methyl sites for hydroxylation is 2. The van der Waals surface area contributed by atoms with Gasteiger partial charge in [-0.1, -0.05) is 6.58 Å². The Hall–Kier alpha value is -1.90. The number of rotatable bonds is 3. The van der Waals surface area contributed by atoms with Crippen LogP contribution in [0.25, 0.3) is 10.9 Å². The Balaban J connectivity index is 2.82. The van der Waals surface area contributed by atoms with Crippen LogP contribution in [0, 0.1) is 13.8 Å². The van der Waals surface area contributed by atoms with E-state index in [-0.39, 0.29) is 0 Å². The summed E-state index contributed by atoms with van der Waals surface area (Å²) in [5, 5.41) is 3.85. The van der Waals surface area contributed by atoms with Crippen molar-refractivity contribution in [2.24, 2.45) is 0 Å². The summed E-state index contributed by atoms with van der Waals surface area (Å²) in [4.78, 5) is 4.37. The first-order valence-corrected chi connectivity index (χ1v) is 5.49. The van der Waals surface area contributed by atoms with Gasteiger partial charge >= 0.3 is 0 Å². The van der Waals surface area contributed by atoms with Crippen molar-refractivity contribution in [2.75, 3.05) is 5.32 Å². The molecule has 1 N–H and O–H groups in total. The molecule has 1 heterocycles. The molecule has 0 unspecified atom stereocenters. The number of anilines is 1. The molecule has 17 heavy (non-hydrogen) atoms. The van der Waals surface area contributed by atoms with Crippen LogP contribution in [-0.2, 0) is 6.67 Å². The van der Waals surface area contributed by atoms with Crippen LogP contribution in [0.5, 0.6) is 0 Å². The molecule has 2 nitrogen and oxygen atoms in total. The third-order valence-corrected chi connectivity index (χ3v) is 2.80. The maximum atomic E-state index is 13.2. The van der Waals surface area contributed by atoms with E-state index in [9.17, 15) is 4.39 Å². The zero-order valence-corrected chi connectivity index (χ0v) is 10.0. The second-order valence-corrected chi connectivity index (χ2v) is 4.11. The minimum atomic E-state index is -0.516. The Morgan fingerprint density at radius 2 is 2.18 bits per heavy atom. The van der Waals surface area contributed by atoms with Gasteiger partial charge in [0.2, 0.25) is 0 Å². The van der Waals surface area contributed by atoms with Crippen LogP contribution in [0.15, 0.2) is 31.1 Å². The highest BCUT2D eigenvalue weighted by atomic mass is 19.1. The molecule has 2 aromatic rings. The number of aromatic nitrogens is 1. The van der Waals surface area contributed by atoms with Crippen molar-refractivity contribution in [3.63, 3.8) is 0 Å². The van der Waals surface area contributed by atoms with E-state index in [4.69, 9.17) is 0 Å². The fourth-order valence-electron chi connectivity index (χ4n) is 2.01. The van der Waals surface area contributed by atoms with Crippen molar-refractivity contribution >= 4 is 16.6 Å². The predicted octanol–water partition coefficient (Wildman–Crippen LogP) is 3.88. The summed E-state index contributed by atoms with van der Waals surface area (Å²) in [7, 11) is 0. The molecule has 0 aliphatic rings. The lowest BCUT2D eigenvalue weighted by atomic mass is 10.0. The summed E-state index contributed by atoms with van der Waals surface area (Å²) >= 11 is 0. The van der Waals surface area contributed by atoms with Gasteiger partial charge in [-0.15, -0.1) is 0 Å². The van der Waals surface area contributed by atoms with Crippen LogP contribution in [0.2, 0.25) is 0 Å². The van der Waals surface area contributed by atoms with Crippen LogP contribution in [0.4, 0.5) is 10.1 Å². The Bertz CT molecular complexity index is 576. The van der Waals surface area contributed by atoms with Crippen LogP contribution < -0.4 is 5.32 Å². The molecular formula is C14H15FN2. The highest BCUT2D eigenvalue weighted by Crippen LogP contribution is 2.29. The maximum Gasteiger partial charge on any atom is 0.117 e. The third-order valence-electron chi connectivity index (χ3n) is 2.80. The van der Waals surface area contributed by atoms with Crippen molar-refractivity contribution < 1.29 is 4.39 Å². The monoisotopic (exact) mass is 230 g/mol. The largest absolute Gasteiger partial charge is 0.362 e. The van der Waals surface area contributed by atoms with E-state index in [0.29, 0.717) is 5.56 Å². The zero-order chi connectivity index (χ0) is 12.4. The van der Waals surface area contributed by atoms with Gasteiger partial charge in [0, 0.05) is 22.8 Å². The molecule has 2 rings (SSSR count). The second-order valence-electron chi connectivity index (χ2n) is 4.11. The fourth-order valence-corrected chi connectivity index (χ4v) is 2.01. The standard InChI is InChI=1S/C14H15FN2/c1-4-16-13-6-10(3)14-11(12(13)7-15)5-9(2)8-17-14/h4-6,8,16H,1,7H2,2-3H3. The van der Waals surface area contributed by atoms with Crippen LogP contribution in [0.3, 0.4) is 0 Å². The average molecular weight is 230 g/mol. The molecule has 0 saturated carbocycles. The molecule has 0 aliphatic carbocycles. The normalized spacial score (nSPS) is 10.5. The average Bonchev–Trinajstić information content (AvgIpc) is 2.29. The number of alkyl halides is 1. The number of hydrogen-bond acceptors (Lipinski definition) is 2. The lowest BCUT2D eigenvalue weighted by Crippen LogP contribution is -1.97. The predicted molar refractivity (Wildman–Crippen MR) is 69.8 cm³/mol. The highest BCUT2D eigenvalue weighted by molar-refractivity contribution is 5.90. The van der Waals surface area contributed by atoms with Gasteiger partial charge in [-0.05, 0) is 43.3 Å². The Morgan fingerprint density at radius 1 is 1.41 bits per heavy atom. The van der Waals surface area contributed by atoms with Crippen molar-refractivity contribution in [3.05, 3.63) is 47.8 Å². The van der Waals surface area contributed by atoms with Gasteiger partial charge in [0.15, 0.2) is 0 Å². The Kier molecular flexibility index (Phi) is 3.09. The van der Waals surface area contributed by atoms with Gasteiger partial charge in [-0.25, -0.2) is 4.39 Å². The number of nitrogens with one attached hydrogen (secondary N) is 1. The first-order chi connectivity index (χ1) is 8.17. The molecule has 0 bridgehead atoms. The molecule has 0 spiro atoms. The third kappa shape index (κ3) is 2.00. The van der Waals surface area contributed by atoms with Crippen LogP contribution >= 0.6 is 0 Å². The first-order valence-electron chi connectivity index (χ1n) is 5.49.